The molecule has 4 nitrogen and oxygen atoms in total. The van der Waals surface area contributed by atoms with Crippen LogP contribution in [0.2, 0.25) is 0 Å². The molecule has 1 unspecified atom stereocenters. The molecule has 2 N–H and O–H groups in total. The first-order chi connectivity index (χ1) is 7.92. The lowest BCUT2D eigenvalue weighted by molar-refractivity contribution is -0.142. The summed E-state index contributed by atoms with van der Waals surface area (Å²) in [7, 11) is 0. The van der Waals surface area contributed by atoms with Gasteiger partial charge in [0, 0.05) is 16.6 Å². The van der Waals surface area contributed by atoms with E-state index >= 15 is 0 Å². The average Bonchev–Trinajstić information content (AvgIpc) is 2.27. The van der Waals surface area contributed by atoms with Gasteiger partial charge in [0.2, 0.25) is 0 Å². The van der Waals surface area contributed by atoms with Gasteiger partial charge < -0.3 is 10.6 Å². The molecule has 0 radical (unpaired) electrons. The molecule has 1 atom stereocenters. The quantitative estimate of drug-likeness (QED) is 0.762. The van der Waals surface area contributed by atoms with Gasteiger partial charge in [0.25, 0.3) is 0 Å². The summed E-state index contributed by atoms with van der Waals surface area (Å²) in [5, 5.41) is 4.95. The zero-order valence-electron chi connectivity index (χ0n) is 9.01. The van der Waals surface area contributed by atoms with Crippen LogP contribution in [0.4, 0.5) is 4.39 Å². The van der Waals surface area contributed by atoms with E-state index in [1.807, 2.05) is 0 Å². The molecule has 0 aromatic heterocycles. The van der Waals surface area contributed by atoms with E-state index in [1.165, 1.54) is 6.07 Å². The number of hydrogen-bond acceptors (Lipinski definition) is 2. The number of carbonyl (C=O) groups is 2. The minimum absolute atomic E-state index is 0.158. The summed E-state index contributed by atoms with van der Waals surface area (Å²) < 4.78 is 14.4. The van der Waals surface area contributed by atoms with Gasteiger partial charge in [-0.05, 0) is 25.1 Å². The molecule has 17 heavy (non-hydrogen) atoms. The molecule has 1 aromatic carbocycles. The summed E-state index contributed by atoms with van der Waals surface area (Å²) in [6.07, 6.45) is 0. The molecule has 0 bridgehead atoms. The van der Waals surface area contributed by atoms with Crippen molar-refractivity contribution in [2.75, 3.05) is 6.54 Å². The molecule has 1 saturated heterocycles. The van der Waals surface area contributed by atoms with E-state index in [2.05, 4.69) is 26.6 Å². The molecule has 1 aliphatic heterocycles. The van der Waals surface area contributed by atoms with Crippen LogP contribution in [-0.4, -0.2) is 18.4 Å². The van der Waals surface area contributed by atoms with Crippen LogP contribution in [-0.2, 0) is 15.1 Å². The molecule has 1 fully saturated rings. The Morgan fingerprint density at radius 2 is 2.06 bits per heavy atom. The normalized spacial score (nSPS) is 24.2. The van der Waals surface area contributed by atoms with E-state index in [0.29, 0.717) is 10.0 Å². The third kappa shape index (κ3) is 2.17. The Bertz CT molecular complexity index is 506. The number of halogens is 2. The second kappa shape index (κ2) is 4.10. The van der Waals surface area contributed by atoms with Crippen molar-refractivity contribution in [3.8, 4) is 0 Å². The number of piperazine rings is 1. The molecule has 2 rings (SSSR count). The minimum Gasteiger partial charge on any atom is -0.345 e. The van der Waals surface area contributed by atoms with Crippen LogP contribution in [0.1, 0.15) is 12.5 Å². The van der Waals surface area contributed by atoms with E-state index in [-0.39, 0.29) is 6.54 Å². The van der Waals surface area contributed by atoms with Crippen LogP contribution in [0.3, 0.4) is 0 Å². The highest BCUT2D eigenvalue weighted by Crippen LogP contribution is 2.27. The van der Waals surface area contributed by atoms with Gasteiger partial charge >= 0.3 is 11.8 Å². The Balaban J connectivity index is 2.41. The first-order valence-corrected chi connectivity index (χ1v) is 5.77. The zero-order valence-corrected chi connectivity index (χ0v) is 10.6. The van der Waals surface area contributed by atoms with Crippen molar-refractivity contribution < 1.29 is 14.0 Å². The van der Waals surface area contributed by atoms with Crippen molar-refractivity contribution in [2.45, 2.75) is 12.5 Å². The lowest BCUT2D eigenvalue weighted by Gasteiger charge is -2.35. The van der Waals surface area contributed by atoms with Crippen LogP contribution in [0.5, 0.6) is 0 Å². The van der Waals surface area contributed by atoms with E-state index in [1.54, 1.807) is 19.1 Å². The number of nitrogens with one attached hydrogen (secondary N) is 2. The number of rotatable bonds is 1. The molecular weight excluding hydrogens is 291 g/mol. The van der Waals surface area contributed by atoms with E-state index in [4.69, 9.17) is 0 Å². The van der Waals surface area contributed by atoms with E-state index < -0.39 is 23.2 Å². The molecule has 1 aromatic rings. The van der Waals surface area contributed by atoms with Crippen molar-refractivity contribution in [1.29, 1.82) is 0 Å². The summed E-state index contributed by atoms with van der Waals surface area (Å²) in [4.78, 5) is 22.4. The van der Waals surface area contributed by atoms with Gasteiger partial charge in [0.1, 0.15) is 5.82 Å². The highest BCUT2D eigenvalue weighted by atomic mass is 79.9. The summed E-state index contributed by atoms with van der Waals surface area (Å²) in [6.45, 7) is 1.82. The van der Waals surface area contributed by atoms with Crippen molar-refractivity contribution in [3.05, 3.63) is 34.1 Å². The summed E-state index contributed by atoms with van der Waals surface area (Å²) in [5.74, 6) is -1.87. The van der Waals surface area contributed by atoms with Gasteiger partial charge in [-0.2, -0.15) is 0 Å². The highest BCUT2D eigenvalue weighted by Gasteiger charge is 2.37. The first-order valence-electron chi connectivity index (χ1n) is 4.98. The average molecular weight is 301 g/mol. The second-order valence-corrected chi connectivity index (χ2v) is 5.01. The van der Waals surface area contributed by atoms with Crippen molar-refractivity contribution in [1.82, 2.24) is 10.6 Å². The molecule has 1 heterocycles. The zero-order chi connectivity index (χ0) is 12.6. The Morgan fingerprint density at radius 1 is 1.35 bits per heavy atom. The molecule has 6 heteroatoms. The molecule has 0 spiro atoms. The predicted molar refractivity (Wildman–Crippen MR) is 62.6 cm³/mol. The van der Waals surface area contributed by atoms with Crippen molar-refractivity contribution in [3.63, 3.8) is 0 Å². The number of amides is 2. The van der Waals surface area contributed by atoms with Crippen LogP contribution in [0.25, 0.3) is 0 Å². The maximum Gasteiger partial charge on any atom is 0.310 e. The fraction of sp³-hybridized carbons (Fsp3) is 0.273. The monoisotopic (exact) mass is 300 g/mol. The highest BCUT2D eigenvalue weighted by molar-refractivity contribution is 9.10. The Labute approximate surface area is 106 Å². The predicted octanol–water partition coefficient (Wildman–Crippen LogP) is 1.05. The molecule has 90 valence electrons. The first kappa shape index (κ1) is 12.0. The van der Waals surface area contributed by atoms with Crippen LogP contribution < -0.4 is 10.6 Å². The van der Waals surface area contributed by atoms with E-state index in [9.17, 15) is 14.0 Å². The SMILES string of the molecule is CC1(c2cc(Br)ccc2F)CNC(=O)C(=O)N1. The summed E-state index contributed by atoms with van der Waals surface area (Å²) in [6, 6.07) is 4.48. The third-order valence-corrected chi connectivity index (χ3v) is 3.21. The van der Waals surface area contributed by atoms with Gasteiger partial charge in [0.05, 0.1) is 5.54 Å². The molecule has 2 amide bonds. The lowest BCUT2D eigenvalue weighted by Crippen LogP contribution is -2.61. The van der Waals surface area contributed by atoms with Gasteiger partial charge in [-0.15, -0.1) is 0 Å². The fourth-order valence-corrected chi connectivity index (χ4v) is 2.13. The number of hydrogen-bond donors (Lipinski definition) is 2. The van der Waals surface area contributed by atoms with Gasteiger partial charge in [0.15, 0.2) is 0 Å². The molecule has 1 aliphatic rings. The number of carbonyl (C=O) groups excluding carboxylic acids is 2. The topological polar surface area (TPSA) is 58.2 Å². The molecular formula is C11H10BrFN2O2. The maximum atomic E-state index is 13.7. The maximum absolute atomic E-state index is 13.7. The third-order valence-electron chi connectivity index (χ3n) is 2.72. The van der Waals surface area contributed by atoms with Crippen LogP contribution >= 0.6 is 15.9 Å². The van der Waals surface area contributed by atoms with Crippen molar-refractivity contribution >= 4 is 27.7 Å². The smallest absolute Gasteiger partial charge is 0.310 e. The Hall–Kier alpha value is -1.43. The minimum atomic E-state index is -0.932. The second-order valence-electron chi connectivity index (χ2n) is 4.09. The standard InChI is InChI=1S/C11H10BrFN2O2/c1-11(5-14-9(16)10(17)15-11)7-4-6(12)2-3-8(7)13/h2-4H,5H2,1H3,(H,14,16)(H,15,17). The molecule has 0 aliphatic carbocycles. The fourth-order valence-electron chi connectivity index (χ4n) is 1.77. The van der Waals surface area contributed by atoms with Crippen molar-refractivity contribution in [2.24, 2.45) is 0 Å². The largest absolute Gasteiger partial charge is 0.345 e. The van der Waals surface area contributed by atoms with Gasteiger partial charge in [-0.3, -0.25) is 9.59 Å². The van der Waals surface area contributed by atoms with Gasteiger partial charge in [-0.25, -0.2) is 4.39 Å². The van der Waals surface area contributed by atoms with Gasteiger partial charge in [-0.1, -0.05) is 15.9 Å². The summed E-state index contributed by atoms with van der Waals surface area (Å²) >= 11 is 3.25. The Morgan fingerprint density at radius 3 is 2.71 bits per heavy atom. The van der Waals surface area contributed by atoms with Crippen LogP contribution in [0.15, 0.2) is 22.7 Å². The number of benzene rings is 1. The molecule has 0 saturated carbocycles. The Kier molecular flexibility index (Phi) is 2.91. The summed E-state index contributed by atoms with van der Waals surface area (Å²) in [5.41, 5.74) is -0.598. The van der Waals surface area contributed by atoms with Crippen LogP contribution in [0, 0.1) is 5.82 Å². The lowest BCUT2D eigenvalue weighted by atomic mass is 9.90. The van der Waals surface area contributed by atoms with E-state index in [0.717, 1.165) is 0 Å².